The number of benzene rings is 1. The van der Waals surface area contributed by atoms with Gasteiger partial charge in [0.2, 0.25) is 10.0 Å². The third-order valence-electron chi connectivity index (χ3n) is 1.54. The Morgan fingerprint density at radius 1 is 1.31 bits per heavy atom. The molecule has 0 saturated carbocycles. The molecule has 5 nitrogen and oxygen atoms in total. The maximum Gasteiger partial charge on any atom is 0.264 e. The molecule has 1 amide bonds. The number of carbonyl (C=O) groups is 1. The Morgan fingerprint density at radius 3 is 2.12 bits per heavy atom. The topological polar surface area (TPSA) is 86.3 Å². The summed E-state index contributed by atoms with van der Waals surface area (Å²) in [7, 11) is -3.59. The van der Waals surface area contributed by atoms with Crippen LogP contribution in [-0.4, -0.2) is 20.6 Å². The number of halogens is 2. The van der Waals surface area contributed by atoms with Crippen LogP contribution in [0, 0.1) is 7.14 Å². The molecule has 0 bridgehead atoms. The first-order chi connectivity index (χ1) is 7.20. The summed E-state index contributed by atoms with van der Waals surface area (Å²) >= 11 is 3.60. The van der Waals surface area contributed by atoms with Crippen molar-refractivity contribution in [2.45, 2.75) is 0 Å². The van der Waals surface area contributed by atoms with Gasteiger partial charge in [-0.2, -0.15) is 0 Å². The number of sulfonamides is 1. The van der Waals surface area contributed by atoms with Gasteiger partial charge in [0.1, 0.15) is 0 Å². The van der Waals surface area contributed by atoms with Crippen molar-refractivity contribution < 1.29 is 18.3 Å². The van der Waals surface area contributed by atoms with Crippen LogP contribution < -0.4 is 9.83 Å². The zero-order valence-corrected chi connectivity index (χ0v) is 13.1. The Hall–Kier alpha value is -0.100. The molecule has 0 spiro atoms. The first-order valence-corrected chi connectivity index (χ1v) is 7.94. The van der Waals surface area contributed by atoms with E-state index in [1.807, 2.05) is 4.72 Å². The lowest BCUT2D eigenvalue weighted by Crippen LogP contribution is -2.29. The van der Waals surface area contributed by atoms with Gasteiger partial charge in [-0.1, -0.05) is 5.75 Å². The fourth-order valence-electron chi connectivity index (χ4n) is 0.918. The molecule has 0 radical (unpaired) electrons. The van der Waals surface area contributed by atoms with Crippen molar-refractivity contribution in [1.29, 1.82) is 0 Å². The number of hydrogen-bond donors (Lipinski definition) is 1. The van der Waals surface area contributed by atoms with Crippen LogP contribution in [-0.2, 0) is 10.0 Å². The highest BCUT2D eigenvalue weighted by molar-refractivity contribution is 14.1. The van der Waals surface area contributed by atoms with Gasteiger partial charge in [0.25, 0.3) is 5.91 Å². The molecule has 0 heterocycles. The zero-order valence-electron chi connectivity index (χ0n) is 7.95. The molecule has 16 heavy (non-hydrogen) atoms. The van der Waals surface area contributed by atoms with Gasteiger partial charge in [-0.3, -0.25) is 4.79 Å². The maximum atomic E-state index is 11.5. The molecule has 88 valence electrons. The van der Waals surface area contributed by atoms with Gasteiger partial charge in [0.15, 0.2) is 0 Å². The Kier molecular flexibility index (Phi) is 4.40. The summed E-state index contributed by atoms with van der Waals surface area (Å²) in [4.78, 5) is 11.5. The van der Waals surface area contributed by atoms with Gasteiger partial charge in [-0.25, -0.2) is 13.1 Å². The Bertz CT molecular complexity index is 518. The summed E-state index contributed by atoms with van der Waals surface area (Å²) < 4.78 is 24.3. The fraction of sp³-hybridized carbons (Fsp3) is 0.125. The number of carbonyl (C=O) groups excluding carboxylic acids is 1. The first kappa shape index (κ1) is 14.0. The third-order valence-corrected chi connectivity index (χ3v) is 3.70. The molecule has 0 aliphatic heterocycles. The number of nitrogens with one attached hydrogen (secondary N) is 1. The van der Waals surface area contributed by atoms with E-state index in [2.05, 4.69) is 0 Å². The fourth-order valence-corrected chi connectivity index (χ4v) is 3.14. The van der Waals surface area contributed by atoms with Crippen molar-refractivity contribution in [3.05, 3.63) is 24.8 Å². The van der Waals surface area contributed by atoms with Crippen molar-refractivity contribution in [1.82, 2.24) is 4.72 Å². The van der Waals surface area contributed by atoms with E-state index in [-0.39, 0.29) is 11.3 Å². The Labute approximate surface area is 120 Å². The van der Waals surface area contributed by atoms with E-state index >= 15 is 0 Å². The van der Waals surface area contributed by atoms with Crippen molar-refractivity contribution in [3.8, 4) is 5.75 Å². The summed E-state index contributed by atoms with van der Waals surface area (Å²) in [6.07, 6.45) is 0.892. The van der Waals surface area contributed by atoms with Crippen LogP contribution in [0.4, 0.5) is 0 Å². The predicted molar refractivity (Wildman–Crippen MR) is 73.6 cm³/mol. The summed E-state index contributed by atoms with van der Waals surface area (Å²) in [6, 6.07) is 2.71. The second-order valence-corrected chi connectivity index (χ2v) is 7.05. The van der Waals surface area contributed by atoms with Gasteiger partial charge >= 0.3 is 0 Å². The van der Waals surface area contributed by atoms with E-state index in [1.54, 1.807) is 45.2 Å². The highest BCUT2D eigenvalue weighted by Gasteiger charge is 2.12. The van der Waals surface area contributed by atoms with Gasteiger partial charge in [-0.05, 0) is 57.3 Å². The molecular formula is C8H6I2NO4S-. The molecule has 0 unspecified atom stereocenters. The van der Waals surface area contributed by atoms with Crippen molar-refractivity contribution in [2.75, 3.05) is 6.26 Å². The van der Waals surface area contributed by atoms with Crippen LogP contribution in [0.1, 0.15) is 10.4 Å². The van der Waals surface area contributed by atoms with Crippen molar-refractivity contribution in [2.24, 2.45) is 0 Å². The summed E-state index contributed by atoms with van der Waals surface area (Å²) in [5.41, 5.74) is 0.152. The largest absolute Gasteiger partial charge is 0.871 e. The van der Waals surface area contributed by atoms with E-state index in [4.69, 9.17) is 0 Å². The van der Waals surface area contributed by atoms with Crippen LogP contribution in [0.3, 0.4) is 0 Å². The molecule has 0 atom stereocenters. The minimum atomic E-state index is -3.59. The van der Waals surface area contributed by atoms with Gasteiger partial charge in [0, 0.05) is 12.7 Å². The second kappa shape index (κ2) is 5.04. The molecule has 0 saturated heterocycles. The smallest absolute Gasteiger partial charge is 0.264 e. The average molecular weight is 466 g/mol. The van der Waals surface area contributed by atoms with Gasteiger partial charge < -0.3 is 5.11 Å². The molecule has 0 fully saturated rings. The molecule has 0 aromatic heterocycles. The van der Waals surface area contributed by atoms with Gasteiger partial charge in [-0.15, -0.1) is 0 Å². The predicted octanol–water partition coefficient (Wildman–Crippen LogP) is 0.659. The SMILES string of the molecule is CS(=O)(=O)NC(=O)c1cc(I)c([O-])c(I)c1. The molecule has 8 heteroatoms. The van der Waals surface area contributed by atoms with Crippen LogP contribution in [0.5, 0.6) is 5.75 Å². The van der Waals surface area contributed by atoms with Crippen molar-refractivity contribution >= 4 is 61.1 Å². The molecule has 1 rings (SSSR count). The molecular weight excluding hydrogens is 460 g/mol. The first-order valence-electron chi connectivity index (χ1n) is 3.89. The molecule has 0 aliphatic rings. The molecule has 0 aliphatic carbocycles. The van der Waals surface area contributed by atoms with Crippen LogP contribution >= 0.6 is 45.2 Å². The standard InChI is InChI=1S/C8H7I2NO4S/c1-16(14,15)11-8(13)4-2-5(9)7(12)6(10)3-4/h2-3,12H,1H3,(H,11,13)/p-1. The molecule has 1 aromatic rings. The van der Waals surface area contributed by atoms with E-state index in [1.165, 1.54) is 12.1 Å². The van der Waals surface area contributed by atoms with E-state index < -0.39 is 15.9 Å². The lowest BCUT2D eigenvalue weighted by atomic mass is 10.2. The molecule has 1 aromatic carbocycles. The van der Waals surface area contributed by atoms with E-state index in [0.717, 1.165) is 6.26 Å². The quantitative estimate of drug-likeness (QED) is 0.650. The Morgan fingerprint density at radius 2 is 1.75 bits per heavy atom. The number of rotatable bonds is 2. The van der Waals surface area contributed by atoms with Crippen LogP contribution in [0.2, 0.25) is 0 Å². The lowest BCUT2D eigenvalue weighted by Gasteiger charge is -2.13. The second-order valence-electron chi connectivity index (χ2n) is 2.97. The van der Waals surface area contributed by atoms with Gasteiger partial charge in [0.05, 0.1) is 6.26 Å². The minimum Gasteiger partial charge on any atom is -0.871 e. The zero-order chi connectivity index (χ0) is 12.5. The highest BCUT2D eigenvalue weighted by atomic mass is 127. The Balaban J connectivity index is 3.11. The monoisotopic (exact) mass is 466 g/mol. The van der Waals surface area contributed by atoms with Crippen LogP contribution in [0.15, 0.2) is 12.1 Å². The maximum absolute atomic E-state index is 11.5. The third kappa shape index (κ3) is 3.73. The molecule has 1 N–H and O–H groups in total. The van der Waals surface area contributed by atoms with Crippen LogP contribution in [0.25, 0.3) is 0 Å². The average Bonchev–Trinajstić information content (AvgIpc) is 2.10. The van der Waals surface area contributed by atoms with E-state index in [9.17, 15) is 18.3 Å². The van der Waals surface area contributed by atoms with Crippen molar-refractivity contribution in [3.63, 3.8) is 0 Å². The highest BCUT2D eigenvalue weighted by Crippen LogP contribution is 2.24. The minimum absolute atomic E-state index is 0.152. The number of hydrogen-bond acceptors (Lipinski definition) is 4. The lowest BCUT2D eigenvalue weighted by molar-refractivity contribution is -0.271. The summed E-state index contributed by atoms with van der Waals surface area (Å²) in [5, 5.41) is 11.4. The summed E-state index contributed by atoms with van der Waals surface area (Å²) in [6.45, 7) is 0. The summed E-state index contributed by atoms with van der Waals surface area (Å²) in [5.74, 6) is -0.907. The van der Waals surface area contributed by atoms with E-state index in [0.29, 0.717) is 7.14 Å². The normalized spacial score (nSPS) is 11.2. The number of amides is 1.